The van der Waals surface area contributed by atoms with Crippen LogP contribution in [0.15, 0.2) is 48.8 Å². The van der Waals surface area contributed by atoms with E-state index in [1.807, 2.05) is 12.1 Å². The van der Waals surface area contributed by atoms with E-state index >= 15 is 0 Å². The molecule has 0 radical (unpaired) electrons. The maximum Gasteiger partial charge on any atom is 2.00 e. The van der Waals surface area contributed by atoms with Crippen LogP contribution in [0.25, 0.3) is 54.6 Å². The van der Waals surface area contributed by atoms with Crippen LogP contribution in [-0.4, -0.2) is 18.8 Å². The summed E-state index contributed by atoms with van der Waals surface area (Å²) in [7, 11) is 0. The molecule has 0 aliphatic rings. The molecule has 0 bridgehead atoms. The van der Waals surface area contributed by atoms with Crippen molar-refractivity contribution in [1.82, 2.24) is 18.8 Å². The summed E-state index contributed by atoms with van der Waals surface area (Å²) >= 11 is 0. The third kappa shape index (κ3) is 4.08. The summed E-state index contributed by atoms with van der Waals surface area (Å²) in [5.41, 5.74) is 17.3. The predicted octanol–water partition coefficient (Wildman–Crippen LogP) is 9.45. The van der Waals surface area contributed by atoms with Gasteiger partial charge in [0.15, 0.2) is 0 Å². The van der Waals surface area contributed by atoms with Crippen molar-refractivity contribution in [1.29, 1.82) is 0 Å². The van der Waals surface area contributed by atoms with E-state index in [4.69, 9.17) is 9.97 Å². The Bertz CT molecular complexity index is 2350. The number of benzene rings is 4. The molecule has 0 fully saturated rings. The molecule has 4 aromatic heterocycles. The fraction of sp³-hybridized carbons (Fsp3) is 0.250. The molecule has 0 N–H and O–H groups in total. The zero-order valence-electron chi connectivity index (χ0n) is 27.1. The van der Waals surface area contributed by atoms with Gasteiger partial charge in [0.1, 0.15) is 0 Å². The summed E-state index contributed by atoms with van der Waals surface area (Å²) in [5.74, 6) is 0. The van der Waals surface area contributed by atoms with Crippen LogP contribution in [0.2, 0.25) is 0 Å². The number of hydrogen-bond acceptors (Lipinski definition) is 2. The van der Waals surface area contributed by atoms with Crippen LogP contribution in [0.3, 0.4) is 0 Å². The molecule has 4 aromatic carbocycles. The first-order valence-electron chi connectivity index (χ1n) is 15.6. The second-order valence-corrected chi connectivity index (χ2v) is 12.7. The van der Waals surface area contributed by atoms with Crippen LogP contribution in [0, 0.1) is 67.5 Å². The van der Waals surface area contributed by atoms with Gasteiger partial charge in [0.2, 0.25) is 0 Å². The molecule has 0 spiro atoms. The Morgan fingerprint density at radius 2 is 0.911 bits per heavy atom. The Hall–Kier alpha value is -4.01. The molecule has 4 heterocycles. The third-order valence-corrected chi connectivity index (χ3v) is 10.6. The summed E-state index contributed by atoms with van der Waals surface area (Å²) in [4.78, 5) is 10.4. The first-order chi connectivity index (χ1) is 21.2. The van der Waals surface area contributed by atoms with Gasteiger partial charge in [-0.2, -0.15) is 0 Å². The van der Waals surface area contributed by atoms with Gasteiger partial charge in [-0.3, -0.25) is 9.97 Å². The summed E-state index contributed by atoms with van der Waals surface area (Å²) in [6.07, 6.45) is 6.10. The number of imidazole rings is 2. The zero-order valence-corrected chi connectivity index (χ0v) is 29.4. The minimum atomic E-state index is 0. The Kier molecular flexibility index (Phi) is 6.94. The van der Waals surface area contributed by atoms with Crippen molar-refractivity contribution < 1.29 is 21.1 Å². The van der Waals surface area contributed by atoms with Crippen molar-refractivity contribution in [3.8, 4) is 0 Å². The van der Waals surface area contributed by atoms with Crippen molar-refractivity contribution in [3.05, 3.63) is 117 Å². The third-order valence-electron chi connectivity index (χ3n) is 10.6. The maximum atomic E-state index is 5.22. The molecule has 4 nitrogen and oxygen atoms in total. The number of pyridine rings is 2. The van der Waals surface area contributed by atoms with Crippen molar-refractivity contribution >= 4 is 54.6 Å². The number of rotatable bonds is 3. The van der Waals surface area contributed by atoms with Crippen molar-refractivity contribution in [3.63, 3.8) is 0 Å². The minimum absolute atomic E-state index is 0. The van der Waals surface area contributed by atoms with Gasteiger partial charge in [0.25, 0.3) is 0 Å². The van der Waals surface area contributed by atoms with Crippen LogP contribution in [0.1, 0.15) is 55.9 Å². The number of nitrogens with zero attached hydrogens (tertiary/aromatic N) is 4. The maximum absolute atomic E-state index is 5.22. The molecule has 226 valence electrons. The molecule has 0 unspecified atom stereocenters. The van der Waals surface area contributed by atoms with Gasteiger partial charge < -0.3 is 8.80 Å². The fourth-order valence-corrected chi connectivity index (χ4v) is 7.56. The standard InChI is InChI=1S/C40H36N4.Pt/c1-21-23(3)27(7)37-35(25(21)5)31-13-9-11-15-33(31)39-41-29(19-43(37)39)17-18-30-20-44-38-28(8)24(4)22(2)26(6)36(38)32-14-10-12-16-34(32)40(44)42-30;/h9-14,19-20H,17-18H2,1-8H3;/q-2;+2. The van der Waals surface area contributed by atoms with E-state index in [1.54, 1.807) is 0 Å². The van der Waals surface area contributed by atoms with Gasteiger partial charge in [0, 0.05) is 34.8 Å². The molecular formula is C40H36N4Pt. The summed E-state index contributed by atoms with van der Waals surface area (Å²) in [5, 5.41) is 7.22. The van der Waals surface area contributed by atoms with Gasteiger partial charge in [-0.25, -0.2) is 0 Å². The number of hydrogen-bond donors (Lipinski definition) is 0. The monoisotopic (exact) mass is 767 g/mol. The van der Waals surface area contributed by atoms with Crippen molar-refractivity contribution in [2.24, 2.45) is 0 Å². The second kappa shape index (κ2) is 10.5. The first kappa shape index (κ1) is 29.7. The Morgan fingerprint density at radius 3 is 1.31 bits per heavy atom. The number of aryl methyl sites for hydroxylation is 6. The molecule has 0 saturated heterocycles. The van der Waals surface area contributed by atoms with Crippen molar-refractivity contribution in [2.75, 3.05) is 0 Å². The largest absolute Gasteiger partial charge is 2.00 e. The van der Waals surface area contributed by atoms with Gasteiger partial charge >= 0.3 is 21.1 Å². The zero-order chi connectivity index (χ0) is 30.6. The molecule has 8 rings (SSSR count). The van der Waals surface area contributed by atoms with E-state index in [2.05, 4.69) is 113 Å². The van der Waals surface area contributed by atoms with E-state index in [0.717, 1.165) is 46.3 Å². The topological polar surface area (TPSA) is 34.6 Å². The SMILES string of the molecule is Cc1c(C)c(C)c2c(c1C)c1ccc[c-]c1c1nc(CCc3cn4c(n3)c3[c-]cccc3c3c(C)c(C)c(C)c(C)c34)cn12.[Pt+2]. The Balaban J connectivity index is 0.00000325. The molecule has 0 amide bonds. The average molecular weight is 768 g/mol. The van der Waals surface area contributed by atoms with E-state index in [0.29, 0.717) is 0 Å². The van der Waals surface area contributed by atoms with Gasteiger partial charge in [-0.05, 0) is 124 Å². The van der Waals surface area contributed by atoms with E-state index in [9.17, 15) is 0 Å². The minimum Gasteiger partial charge on any atom is -0.340 e. The van der Waals surface area contributed by atoms with Crippen LogP contribution < -0.4 is 0 Å². The van der Waals surface area contributed by atoms with E-state index in [-0.39, 0.29) is 21.1 Å². The Morgan fingerprint density at radius 1 is 0.533 bits per heavy atom. The average Bonchev–Trinajstić information content (AvgIpc) is 3.67. The Labute approximate surface area is 278 Å². The summed E-state index contributed by atoms with van der Waals surface area (Å²) in [6.45, 7) is 18.0. The number of aromatic nitrogens is 4. The normalized spacial score (nSPS) is 12.0. The summed E-state index contributed by atoms with van der Waals surface area (Å²) < 4.78 is 4.63. The van der Waals surface area contributed by atoms with Crippen LogP contribution >= 0.6 is 0 Å². The van der Waals surface area contributed by atoms with Crippen molar-refractivity contribution in [2.45, 2.75) is 68.2 Å². The molecule has 0 aliphatic carbocycles. The molecular weight excluding hydrogens is 732 g/mol. The molecule has 45 heavy (non-hydrogen) atoms. The smallest absolute Gasteiger partial charge is 0.340 e. The first-order valence-corrected chi connectivity index (χ1v) is 15.6. The molecule has 8 aromatic rings. The van der Waals surface area contributed by atoms with Crippen LogP contribution in [-0.2, 0) is 33.9 Å². The van der Waals surface area contributed by atoms with E-state index in [1.165, 1.54) is 77.1 Å². The quantitative estimate of drug-likeness (QED) is 0.133. The van der Waals surface area contributed by atoms with E-state index < -0.39 is 0 Å². The molecule has 0 atom stereocenters. The van der Waals surface area contributed by atoms with Gasteiger partial charge in [0.05, 0.1) is 11.3 Å². The molecule has 0 aliphatic heterocycles. The molecule has 0 saturated carbocycles. The fourth-order valence-electron chi connectivity index (χ4n) is 7.56. The van der Waals surface area contributed by atoms with Gasteiger partial charge in [-0.15, -0.1) is 59.3 Å². The molecule has 5 heteroatoms. The van der Waals surface area contributed by atoms with Crippen LogP contribution in [0.5, 0.6) is 0 Å². The predicted molar refractivity (Wildman–Crippen MR) is 183 cm³/mol. The second-order valence-electron chi connectivity index (χ2n) is 12.7. The van der Waals surface area contributed by atoms with Gasteiger partial charge in [-0.1, -0.05) is 10.8 Å². The summed E-state index contributed by atoms with van der Waals surface area (Å²) in [6, 6.07) is 19.7. The number of fused-ring (bicyclic) bond motifs is 12. The van der Waals surface area contributed by atoms with Crippen LogP contribution in [0.4, 0.5) is 0 Å².